The van der Waals surface area contributed by atoms with Crippen molar-refractivity contribution in [2.75, 3.05) is 0 Å². The van der Waals surface area contributed by atoms with Crippen LogP contribution < -0.4 is 0 Å². The molecule has 3 aliphatic carbocycles. The van der Waals surface area contributed by atoms with Gasteiger partial charge in [0.2, 0.25) is 0 Å². The van der Waals surface area contributed by atoms with E-state index in [1.165, 1.54) is 25.7 Å². The molecular weight excluding hydrogens is 164 g/mol. The molecule has 0 spiro atoms. The molecule has 2 heteroatoms. The summed E-state index contributed by atoms with van der Waals surface area (Å²) in [5, 5.41) is 8.80. The van der Waals surface area contributed by atoms with E-state index in [1.54, 1.807) is 0 Å². The molecular formula is C11H16O2. The number of carboxylic acids is 1. The van der Waals surface area contributed by atoms with Gasteiger partial charge in [0.05, 0.1) is 0 Å². The fourth-order valence-electron chi connectivity index (χ4n) is 4.29. The predicted molar refractivity (Wildman–Crippen MR) is 48.2 cm³/mol. The minimum absolute atomic E-state index is 0.443. The Kier molecular flexibility index (Phi) is 1.50. The minimum Gasteiger partial charge on any atom is -0.481 e. The smallest absolute Gasteiger partial charge is 0.303 e. The first-order valence-corrected chi connectivity index (χ1v) is 5.47. The fourth-order valence-corrected chi connectivity index (χ4v) is 4.29. The number of carbonyl (C=O) groups is 1. The zero-order chi connectivity index (χ0) is 9.00. The zero-order valence-electron chi connectivity index (χ0n) is 7.78. The van der Waals surface area contributed by atoms with Crippen LogP contribution in [-0.2, 0) is 4.79 Å². The van der Waals surface area contributed by atoms with E-state index in [-0.39, 0.29) is 0 Å². The van der Waals surface area contributed by atoms with Gasteiger partial charge in [0.1, 0.15) is 0 Å². The monoisotopic (exact) mass is 180 g/mol. The summed E-state index contributed by atoms with van der Waals surface area (Å²) in [6, 6.07) is 0. The normalized spacial score (nSPS) is 51.5. The van der Waals surface area contributed by atoms with Crippen LogP contribution in [0.5, 0.6) is 0 Å². The summed E-state index contributed by atoms with van der Waals surface area (Å²) >= 11 is 0. The van der Waals surface area contributed by atoms with Crippen molar-refractivity contribution in [1.82, 2.24) is 0 Å². The molecule has 2 nitrogen and oxygen atoms in total. The van der Waals surface area contributed by atoms with Crippen LogP contribution in [0, 0.1) is 29.6 Å². The lowest BCUT2D eigenvalue weighted by Gasteiger charge is -2.49. The molecule has 0 radical (unpaired) electrons. The molecule has 72 valence electrons. The fraction of sp³-hybridized carbons (Fsp3) is 0.909. The Bertz CT molecular complexity index is 242. The lowest BCUT2D eigenvalue weighted by molar-refractivity contribution is -0.142. The Hall–Kier alpha value is -0.530. The Morgan fingerprint density at radius 1 is 1.15 bits per heavy atom. The number of fused-ring (bicyclic) bond motifs is 1. The molecule has 0 aliphatic heterocycles. The third-order valence-corrected chi connectivity index (χ3v) is 4.73. The Morgan fingerprint density at radius 2 is 1.92 bits per heavy atom. The second kappa shape index (κ2) is 2.49. The minimum atomic E-state index is -0.584. The van der Waals surface area contributed by atoms with E-state index in [0.29, 0.717) is 12.3 Å². The highest BCUT2D eigenvalue weighted by Gasteiger charge is 2.57. The first kappa shape index (κ1) is 7.84. The van der Waals surface area contributed by atoms with E-state index in [2.05, 4.69) is 0 Å². The van der Waals surface area contributed by atoms with E-state index >= 15 is 0 Å². The Balaban J connectivity index is 1.75. The molecule has 5 atom stereocenters. The van der Waals surface area contributed by atoms with Crippen molar-refractivity contribution >= 4 is 5.97 Å². The first-order valence-electron chi connectivity index (χ1n) is 5.47. The van der Waals surface area contributed by atoms with E-state index in [1.807, 2.05) is 0 Å². The lowest BCUT2D eigenvalue weighted by Crippen LogP contribution is -2.44. The predicted octanol–water partition coefficient (Wildman–Crippen LogP) is 2.14. The van der Waals surface area contributed by atoms with Crippen LogP contribution in [0.1, 0.15) is 32.1 Å². The SMILES string of the molecule is O=C(O)C[C@@H]1[C@H]2CC[C@@H]3C[C@H]2[C@H]1C3. The first-order chi connectivity index (χ1) is 6.25. The molecule has 13 heavy (non-hydrogen) atoms. The van der Waals surface area contributed by atoms with Crippen LogP contribution in [0.4, 0.5) is 0 Å². The van der Waals surface area contributed by atoms with Gasteiger partial charge in [-0.05, 0) is 48.9 Å². The lowest BCUT2D eigenvalue weighted by atomic mass is 9.55. The second-order valence-electron chi connectivity index (χ2n) is 5.17. The Morgan fingerprint density at radius 3 is 2.69 bits per heavy atom. The van der Waals surface area contributed by atoms with Gasteiger partial charge >= 0.3 is 5.97 Å². The quantitative estimate of drug-likeness (QED) is 0.707. The van der Waals surface area contributed by atoms with Gasteiger partial charge in [-0.25, -0.2) is 0 Å². The molecule has 0 aromatic rings. The van der Waals surface area contributed by atoms with Crippen molar-refractivity contribution < 1.29 is 9.90 Å². The third kappa shape index (κ3) is 0.976. The van der Waals surface area contributed by atoms with E-state index in [9.17, 15) is 4.79 Å². The van der Waals surface area contributed by atoms with Crippen molar-refractivity contribution in [1.29, 1.82) is 0 Å². The topological polar surface area (TPSA) is 37.3 Å². The molecule has 0 amide bonds. The maximum absolute atomic E-state index is 10.7. The van der Waals surface area contributed by atoms with Crippen LogP contribution in [0.15, 0.2) is 0 Å². The van der Waals surface area contributed by atoms with Crippen molar-refractivity contribution in [2.45, 2.75) is 32.1 Å². The van der Waals surface area contributed by atoms with Gasteiger partial charge in [-0.2, -0.15) is 0 Å². The van der Waals surface area contributed by atoms with Gasteiger partial charge in [-0.15, -0.1) is 0 Å². The van der Waals surface area contributed by atoms with E-state index in [0.717, 1.165) is 23.7 Å². The van der Waals surface area contributed by atoms with Crippen molar-refractivity contribution in [3.05, 3.63) is 0 Å². The summed E-state index contributed by atoms with van der Waals surface area (Å²) < 4.78 is 0. The number of aliphatic carboxylic acids is 1. The average molecular weight is 180 g/mol. The molecule has 0 heterocycles. The number of hydrogen-bond donors (Lipinski definition) is 1. The summed E-state index contributed by atoms with van der Waals surface area (Å²) in [6.45, 7) is 0. The molecule has 0 saturated heterocycles. The van der Waals surface area contributed by atoms with Gasteiger partial charge in [0, 0.05) is 6.42 Å². The summed E-state index contributed by atoms with van der Waals surface area (Å²) in [5.41, 5.74) is 0. The molecule has 0 unspecified atom stereocenters. The molecule has 3 aliphatic rings. The van der Waals surface area contributed by atoms with Crippen molar-refractivity contribution in [3.63, 3.8) is 0 Å². The third-order valence-electron chi connectivity index (χ3n) is 4.73. The zero-order valence-corrected chi connectivity index (χ0v) is 7.78. The van der Waals surface area contributed by atoms with Gasteiger partial charge in [-0.3, -0.25) is 4.79 Å². The van der Waals surface area contributed by atoms with Crippen LogP contribution in [0.25, 0.3) is 0 Å². The van der Waals surface area contributed by atoms with Crippen LogP contribution in [0.2, 0.25) is 0 Å². The van der Waals surface area contributed by atoms with Crippen molar-refractivity contribution in [3.8, 4) is 0 Å². The number of rotatable bonds is 2. The molecule has 3 saturated carbocycles. The number of hydrogen-bond acceptors (Lipinski definition) is 1. The molecule has 1 N–H and O–H groups in total. The van der Waals surface area contributed by atoms with Crippen LogP contribution >= 0.6 is 0 Å². The largest absolute Gasteiger partial charge is 0.481 e. The molecule has 3 fully saturated rings. The number of carboxylic acid groups (broad SMARTS) is 1. The van der Waals surface area contributed by atoms with Gasteiger partial charge in [0.15, 0.2) is 0 Å². The van der Waals surface area contributed by atoms with Gasteiger partial charge < -0.3 is 5.11 Å². The summed E-state index contributed by atoms with van der Waals surface area (Å²) in [7, 11) is 0. The van der Waals surface area contributed by atoms with E-state index < -0.39 is 5.97 Å². The summed E-state index contributed by atoms with van der Waals surface area (Å²) in [4.78, 5) is 10.7. The summed E-state index contributed by atoms with van der Waals surface area (Å²) in [5.74, 6) is 3.45. The van der Waals surface area contributed by atoms with Gasteiger partial charge in [0.25, 0.3) is 0 Å². The molecule has 3 rings (SSSR count). The Labute approximate surface area is 78.3 Å². The average Bonchev–Trinajstić information content (AvgIpc) is 2.26. The standard InChI is InChI=1S/C11H16O2/c12-11(13)5-10-7-2-1-6-3-8(7)9(10)4-6/h6-10H,1-5H2,(H,12,13)/t6-,7+,8-,9-,10-/m1/s1. The van der Waals surface area contributed by atoms with Crippen LogP contribution in [0.3, 0.4) is 0 Å². The highest BCUT2D eigenvalue weighted by molar-refractivity contribution is 5.67. The molecule has 0 aromatic carbocycles. The highest BCUT2D eigenvalue weighted by atomic mass is 16.4. The van der Waals surface area contributed by atoms with Crippen molar-refractivity contribution in [2.24, 2.45) is 29.6 Å². The molecule has 2 bridgehead atoms. The maximum atomic E-state index is 10.7. The molecule has 0 aromatic heterocycles. The second-order valence-corrected chi connectivity index (χ2v) is 5.17. The summed E-state index contributed by atoms with van der Waals surface area (Å²) in [6.07, 6.45) is 5.92. The van der Waals surface area contributed by atoms with Crippen LogP contribution in [-0.4, -0.2) is 11.1 Å². The van der Waals surface area contributed by atoms with E-state index in [4.69, 9.17) is 5.11 Å². The van der Waals surface area contributed by atoms with Gasteiger partial charge in [-0.1, -0.05) is 6.42 Å². The highest BCUT2D eigenvalue weighted by Crippen LogP contribution is 2.64. The maximum Gasteiger partial charge on any atom is 0.303 e.